The average molecular weight is 239 g/mol. The molecule has 0 saturated carbocycles. The largest absolute Gasteiger partial charge is 0.490 e. The molecule has 0 fully saturated rings. The number of hydrogen-bond donors (Lipinski definition) is 1. The zero-order chi connectivity index (χ0) is 12.5. The molecule has 0 unspecified atom stereocenters. The Hall–Kier alpha value is -1.03. The fourth-order valence-electron chi connectivity index (χ4n) is 1.52. The molecular weight excluding hydrogens is 214 g/mol. The molecule has 0 radical (unpaired) electrons. The predicted molar refractivity (Wildman–Crippen MR) is 70.5 cm³/mol. The molecule has 0 aromatic carbocycles. The number of ether oxygens (including phenoxy) is 1. The molecular formula is C13H25N3O. The molecule has 1 aromatic rings. The molecule has 17 heavy (non-hydrogen) atoms. The van der Waals surface area contributed by atoms with E-state index >= 15 is 0 Å². The quantitative estimate of drug-likeness (QED) is 0.673. The van der Waals surface area contributed by atoms with Crippen LogP contribution in [0, 0.1) is 0 Å². The van der Waals surface area contributed by atoms with Crippen LogP contribution in [-0.4, -0.2) is 29.5 Å². The van der Waals surface area contributed by atoms with Crippen LogP contribution in [0.1, 0.15) is 46.1 Å². The molecule has 1 heterocycles. The molecule has 1 rings (SSSR count). The van der Waals surface area contributed by atoms with Crippen LogP contribution in [0.4, 0.5) is 0 Å². The van der Waals surface area contributed by atoms with E-state index in [1.165, 1.54) is 6.42 Å². The highest BCUT2D eigenvalue weighted by atomic mass is 16.5. The maximum atomic E-state index is 5.63. The van der Waals surface area contributed by atoms with Crippen LogP contribution in [0.3, 0.4) is 0 Å². The highest BCUT2D eigenvalue weighted by Gasteiger charge is 2.01. The molecule has 1 aromatic heterocycles. The van der Waals surface area contributed by atoms with Crippen LogP contribution in [0.2, 0.25) is 0 Å². The summed E-state index contributed by atoms with van der Waals surface area (Å²) in [6.45, 7) is 9.37. The van der Waals surface area contributed by atoms with Gasteiger partial charge in [-0.2, -0.15) is 5.10 Å². The van der Waals surface area contributed by atoms with Crippen LogP contribution in [0.25, 0.3) is 0 Å². The molecule has 1 N–H and O–H groups in total. The number of unbranched alkanes of at least 4 members (excludes halogenated alkanes) is 1. The fourth-order valence-corrected chi connectivity index (χ4v) is 1.52. The first-order chi connectivity index (χ1) is 8.24. The molecule has 0 bridgehead atoms. The lowest BCUT2D eigenvalue weighted by Gasteiger charge is -2.05. The van der Waals surface area contributed by atoms with Crippen molar-refractivity contribution < 1.29 is 4.74 Å². The van der Waals surface area contributed by atoms with Crippen LogP contribution in [0.5, 0.6) is 5.75 Å². The van der Waals surface area contributed by atoms with Gasteiger partial charge in [0.15, 0.2) is 5.75 Å². The summed E-state index contributed by atoms with van der Waals surface area (Å²) < 4.78 is 7.55. The summed E-state index contributed by atoms with van der Waals surface area (Å²) in [7, 11) is 0. The van der Waals surface area contributed by atoms with Gasteiger partial charge in [0.1, 0.15) is 0 Å². The molecule has 0 aliphatic rings. The van der Waals surface area contributed by atoms with Gasteiger partial charge in [0.25, 0.3) is 0 Å². The summed E-state index contributed by atoms with van der Waals surface area (Å²) in [5, 5.41) is 7.62. The minimum atomic E-state index is 0.394. The lowest BCUT2D eigenvalue weighted by molar-refractivity contribution is 0.305. The predicted octanol–water partition coefficient (Wildman–Crippen LogP) is 2.62. The van der Waals surface area contributed by atoms with E-state index in [0.29, 0.717) is 6.04 Å². The topological polar surface area (TPSA) is 39.1 Å². The number of nitrogens with zero attached hydrogens (tertiary/aromatic N) is 2. The van der Waals surface area contributed by atoms with Gasteiger partial charge in [-0.05, 0) is 46.2 Å². The first kappa shape index (κ1) is 14.0. The van der Waals surface area contributed by atoms with Crippen molar-refractivity contribution in [2.45, 2.75) is 46.1 Å². The smallest absolute Gasteiger partial charge is 0.157 e. The van der Waals surface area contributed by atoms with Crippen molar-refractivity contribution in [2.24, 2.45) is 0 Å². The third kappa shape index (κ3) is 5.73. The Morgan fingerprint density at radius 2 is 2.18 bits per heavy atom. The lowest BCUT2D eigenvalue weighted by Crippen LogP contribution is -2.16. The SMILES string of the molecule is CCCNCCCCOc1cnn(C(C)C)c1. The van der Waals surface area contributed by atoms with Crippen molar-refractivity contribution in [2.75, 3.05) is 19.7 Å². The van der Waals surface area contributed by atoms with Gasteiger partial charge in [-0.15, -0.1) is 0 Å². The Labute approximate surface area is 104 Å². The molecule has 4 heteroatoms. The summed E-state index contributed by atoms with van der Waals surface area (Å²) in [6.07, 6.45) is 7.20. The van der Waals surface area contributed by atoms with E-state index in [-0.39, 0.29) is 0 Å². The Morgan fingerprint density at radius 1 is 1.35 bits per heavy atom. The van der Waals surface area contributed by atoms with Crippen molar-refractivity contribution in [3.63, 3.8) is 0 Å². The van der Waals surface area contributed by atoms with E-state index < -0.39 is 0 Å². The van der Waals surface area contributed by atoms with E-state index in [1.807, 2.05) is 10.9 Å². The fraction of sp³-hybridized carbons (Fsp3) is 0.769. The maximum Gasteiger partial charge on any atom is 0.157 e. The van der Waals surface area contributed by atoms with Gasteiger partial charge in [0.2, 0.25) is 0 Å². The van der Waals surface area contributed by atoms with Crippen LogP contribution in [0.15, 0.2) is 12.4 Å². The molecule has 0 aliphatic carbocycles. The van der Waals surface area contributed by atoms with E-state index in [4.69, 9.17) is 4.74 Å². The second kappa shape index (κ2) is 8.12. The molecule has 0 aliphatic heterocycles. The minimum absolute atomic E-state index is 0.394. The van der Waals surface area contributed by atoms with Gasteiger partial charge in [-0.25, -0.2) is 0 Å². The lowest BCUT2D eigenvalue weighted by atomic mass is 10.3. The Bertz CT molecular complexity index is 297. The van der Waals surface area contributed by atoms with Crippen molar-refractivity contribution in [3.05, 3.63) is 12.4 Å². The van der Waals surface area contributed by atoms with Gasteiger partial charge in [-0.1, -0.05) is 6.92 Å². The number of nitrogens with one attached hydrogen (secondary N) is 1. The van der Waals surface area contributed by atoms with Crippen LogP contribution < -0.4 is 10.1 Å². The summed E-state index contributed by atoms with van der Waals surface area (Å²) in [4.78, 5) is 0. The first-order valence-electron chi connectivity index (χ1n) is 6.61. The average Bonchev–Trinajstić information content (AvgIpc) is 2.77. The number of aromatic nitrogens is 2. The maximum absolute atomic E-state index is 5.63. The first-order valence-corrected chi connectivity index (χ1v) is 6.61. The molecule has 0 spiro atoms. The molecule has 4 nitrogen and oxygen atoms in total. The van der Waals surface area contributed by atoms with Gasteiger partial charge in [0.05, 0.1) is 19.0 Å². The molecule has 0 amide bonds. The van der Waals surface area contributed by atoms with E-state index in [2.05, 4.69) is 31.2 Å². The van der Waals surface area contributed by atoms with E-state index in [9.17, 15) is 0 Å². The van der Waals surface area contributed by atoms with E-state index in [1.54, 1.807) is 6.20 Å². The Morgan fingerprint density at radius 3 is 2.82 bits per heavy atom. The number of rotatable bonds is 9. The summed E-state index contributed by atoms with van der Waals surface area (Å²) in [5.41, 5.74) is 0. The summed E-state index contributed by atoms with van der Waals surface area (Å²) in [5.74, 6) is 0.875. The zero-order valence-electron chi connectivity index (χ0n) is 11.3. The van der Waals surface area contributed by atoms with Crippen molar-refractivity contribution in [1.29, 1.82) is 0 Å². The van der Waals surface area contributed by atoms with Crippen LogP contribution >= 0.6 is 0 Å². The minimum Gasteiger partial charge on any atom is -0.490 e. The molecule has 98 valence electrons. The van der Waals surface area contributed by atoms with Gasteiger partial charge < -0.3 is 10.1 Å². The molecule has 0 saturated heterocycles. The Kier molecular flexibility index (Phi) is 6.70. The van der Waals surface area contributed by atoms with Crippen molar-refractivity contribution in [3.8, 4) is 5.75 Å². The highest BCUT2D eigenvalue weighted by Crippen LogP contribution is 2.12. The second-order valence-electron chi connectivity index (χ2n) is 4.56. The van der Waals surface area contributed by atoms with E-state index in [0.717, 1.165) is 38.3 Å². The van der Waals surface area contributed by atoms with Gasteiger partial charge >= 0.3 is 0 Å². The van der Waals surface area contributed by atoms with Crippen molar-refractivity contribution >= 4 is 0 Å². The van der Waals surface area contributed by atoms with Gasteiger partial charge in [0, 0.05) is 6.04 Å². The van der Waals surface area contributed by atoms with Gasteiger partial charge in [-0.3, -0.25) is 4.68 Å². The molecule has 0 atom stereocenters. The Balaban J connectivity index is 2.05. The summed E-state index contributed by atoms with van der Waals surface area (Å²) >= 11 is 0. The standard InChI is InChI=1S/C13H25N3O/c1-4-7-14-8-5-6-9-17-13-10-15-16(11-13)12(2)3/h10-12,14H,4-9H2,1-3H3. The number of hydrogen-bond acceptors (Lipinski definition) is 3. The second-order valence-corrected chi connectivity index (χ2v) is 4.56. The third-order valence-corrected chi connectivity index (χ3v) is 2.55. The summed E-state index contributed by atoms with van der Waals surface area (Å²) in [6, 6.07) is 0.394. The van der Waals surface area contributed by atoms with Crippen molar-refractivity contribution in [1.82, 2.24) is 15.1 Å². The van der Waals surface area contributed by atoms with Crippen LogP contribution in [-0.2, 0) is 0 Å². The normalized spacial score (nSPS) is 11.1. The third-order valence-electron chi connectivity index (χ3n) is 2.55. The monoisotopic (exact) mass is 239 g/mol. The highest BCUT2D eigenvalue weighted by molar-refractivity contribution is 5.11. The zero-order valence-corrected chi connectivity index (χ0v) is 11.3.